The highest BCUT2D eigenvalue weighted by Crippen LogP contribution is 2.31. The molecule has 0 aromatic rings. The SMILES string of the molecule is CCNC(=NCC1CCN(C2CC2)C1)N1CCCC(C)C1.I. The van der Waals surface area contributed by atoms with E-state index in [9.17, 15) is 0 Å². The van der Waals surface area contributed by atoms with E-state index in [4.69, 9.17) is 4.99 Å². The van der Waals surface area contributed by atoms with Crippen molar-refractivity contribution >= 4 is 29.9 Å². The van der Waals surface area contributed by atoms with Gasteiger partial charge < -0.3 is 15.1 Å². The van der Waals surface area contributed by atoms with E-state index >= 15 is 0 Å². The van der Waals surface area contributed by atoms with Crippen LogP contribution >= 0.6 is 24.0 Å². The van der Waals surface area contributed by atoms with Crippen molar-refractivity contribution in [3.63, 3.8) is 0 Å². The molecule has 0 bridgehead atoms. The number of piperidine rings is 1. The summed E-state index contributed by atoms with van der Waals surface area (Å²) in [5.41, 5.74) is 0. The first-order chi connectivity index (χ1) is 10.3. The molecule has 0 spiro atoms. The number of hydrogen-bond donors (Lipinski definition) is 1. The predicted molar refractivity (Wildman–Crippen MR) is 104 cm³/mol. The predicted octanol–water partition coefficient (Wildman–Crippen LogP) is 2.79. The molecule has 22 heavy (non-hydrogen) atoms. The molecular formula is C17H33IN4. The molecule has 2 heterocycles. The number of likely N-dealkylation sites (tertiary alicyclic amines) is 2. The smallest absolute Gasteiger partial charge is 0.193 e. The molecule has 2 aliphatic heterocycles. The summed E-state index contributed by atoms with van der Waals surface area (Å²) in [5, 5.41) is 3.51. The first kappa shape index (κ1) is 18.3. The van der Waals surface area contributed by atoms with E-state index in [-0.39, 0.29) is 24.0 Å². The lowest BCUT2D eigenvalue weighted by atomic mass is 10.0. The van der Waals surface area contributed by atoms with E-state index in [1.54, 1.807) is 0 Å². The molecule has 0 amide bonds. The third-order valence-corrected chi connectivity index (χ3v) is 5.17. The van der Waals surface area contributed by atoms with Crippen LogP contribution in [-0.2, 0) is 0 Å². The highest BCUT2D eigenvalue weighted by molar-refractivity contribution is 14.0. The zero-order valence-electron chi connectivity index (χ0n) is 14.3. The molecule has 3 rings (SSSR count). The summed E-state index contributed by atoms with van der Waals surface area (Å²) in [6.07, 6.45) is 6.89. The van der Waals surface area contributed by atoms with Crippen LogP contribution in [0, 0.1) is 11.8 Å². The van der Waals surface area contributed by atoms with Crippen LogP contribution in [0.25, 0.3) is 0 Å². The molecule has 5 heteroatoms. The molecule has 2 saturated heterocycles. The third-order valence-electron chi connectivity index (χ3n) is 5.17. The molecule has 1 N–H and O–H groups in total. The lowest BCUT2D eigenvalue weighted by molar-refractivity contribution is 0.265. The Morgan fingerprint density at radius 3 is 2.64 bits per heavy atom. The molecule has 4 nitrogen and oxygen atoms in total. The summed E-state index contributed by atoms with van der Waals surface area (Å²) >= 11 is 0. The minimum absolute atomic E-state index is 0. The van der Waals surface area contributed by atoms with Crippen molar-refractivity contribution in [2.45, 2.75) is 52.0 Å². The molecule has 2 atom stereocenters. The van der Waals surface area contributed by atoms with Crippen LogP contribution in [0.1, 0.15) is 46.0 Å². The average Bonchev–Trinajstić information content (AvgIpc) is 3.23. The fraction of sp³-hybridized carbons (Fsp3) is 0.941. The molecular weight excluding hydrogens is 387 g/mol. The lowest BCUT2D eigenvalue weighted by Gasteiger charge is -2.33. The van der Waals surface area contributed by atoms with Gasteiger partial charge in [-0.25, -0.2) is 0 Å². The van der Waals surface area contributed by atoms with Gasteiger partial charge in [0.15, 0.2) is 5.96 Å². The maximum Gasteiger partial charge on any atom is 0.193 e. The van der Waals surface area contributed by atoms with Crippen LogP contribution < -0.4 is 5.32 Å². The fourth-order valence-corrected chi connectivity index (χ4v) is 3.81. The topological polar surface area (TPSA) is 30.9 Å². The summed E-state index contributed by atoms with van der Waals surface area (Å²) in [7, 11) is 0. The van der Waals surface area contributed by atoms with Crippen LogP contribution in [0.3, 0.4) is 0 Å². The zero-order valence-corrected chi connectivity index (χ0v) is 16.6. The Morgan fingerprint density at radius 2 is 1.95 bits per heavy atom. The Bertz CT molecular complexity index is 370. The van der Waals surface area contributed by atoms with Gasteiger partial charge in [-0.3, -0.25) is 4.99 Å². The number of guanidine groups is 1. The van der Waals surface area contributed by atoms with Gasteiger partial charge in [0.2, 0.25) is 0 Å². The number of nitrogens with zero attached hydrogens (tertiary/aromatic N) is 3. The summed E-state index contributed by atoms with van der Waals surface area (Å²) in [6, 6.07) is 0.926. The molecule has 128 valence electrons. The van der Waals surface area contributed by atoms with Gasteiger partial charge >= 0.3 is 0 Å². The maximum atomic E-state index is 4.97. The van der Waals surface area contributed by atoms with Crippen molar-refractivity contribution in [2.75, 3.05) is 39.3 Å². The molecule has 0 aromatic carbocycles. The van der Waals surface area contributed by atoms with Gasteiger partial charge in [-0.1, -0.05) is 6.92 Å². The van der Waals surface area contributed by atoms with E-state index in [1.807, 2.05) is 0 Å². The van der Waals surface area contributed by atoms with Gasteiger partial charge in [0.1, 0.15) is 0 Å². The second-order valence-electron chi connectivity index (χ2n) is 7.27. The van der Waals surface area contributed by atoms with Crippen molar-refractivity contribution in [2.24, 2.45) is 16.8 Å². The van der Waals surface area contributed by atoms with Crippen LogP contribution in [0.4, 0.5) is 0 Å². The number of nitrogens with one attached hydrogen (secondary N) is 1. The van der Waals surface area contributed by atoms with Gasteiger partial charge in [-0.05, 0) is 57.4 Å². The molecule has 3 fully saturated rings. The molecule has 2 unspecified atom stereocenters. The van der Waals surface area contributed by atoms with Crippen molar-refractivity contribution in [1.29, 1.82) is 0 Å². The Labute approximate surface area is 153 Å². The minimum atomic E-state index is 0. The monoisotopic (exact) mass is 420 g/mol. The highest BCUT2D eigenvalue weighted by Gasteiger charge is 2.34. The van der Waals surface area contributed by atoms with Gasteiger partial charge in [0, 0.05) is 38.8 Å². The Hall–Kier alpha value is -0.0400. The van der Waals surface area contributed by atoms with E-state index in [2.05, 4.69) is 29.0 Å². The van der Waals surface area contributed by atoms with Crippen LogP contribution in [0.2, 0.25) is 0 Å². The molecule has 0 radical (unpaired) electrons. The van der Waals surface area contributed by atoms with Gasteiger partial charge in [0.25, 0.3) is 0 Å². The van der Waals surface area contributed by atoms with Crippen LogP contribution in [0.15, 0.2) is 4.99 Å². The van der Waals surface area contributed by atoms with Gasteiger partial charge in [-0.15, -0.1) is 24.0 Å². The Balaban J connectivity index is 0.00000176. The second-order valence-corrected chi connectivity index (χ2v) is 7.27. The van der Waals surface area contributed by atoms with Crippen molar-refractivity contribution < 1.29 is 0 Å². The number of rotatable bonds is 4. The Kier molecular flexibility index (Phi) is 7.25. The summed E-state index contributed by atoms with van der Waals surface area (Å²) in [6.45, 7) is 11.5. The van der Waals surface area contributed by atoms with Gasteiger partial charge in [0.05, 0.1) is 0 Å². The molecule has 1 saturated carbocycles. The van der Waals surface area contributed by atoms with Crippen molar-refractivity contribution in [1.82, 2.24) is 15.1 Å². The largest absolute Gasteiger partial charge is 0.357 e. The number of hydrogen-bond acceptors (Lipinski definition) is 2. The summed E-state index contributed by atoms with van der Waals surface area (Å²) in [5.74, 6) is 2.75. The van der Waals surface area contributed by atoms with E-state index in [1.165, 1.54) is 58.3 Å². The zero-order chi connectivity index (χ0) is 14.7. The maximum absolute atomic E-state index is 4.97. The van der Waals surface area contributed by atoms with Crippen molar-refractivity contribution in [3.8, 4) is 0 Å². The van der Waals surface area contributed by atoms with Crippen molar-refractivity contribution in [3.05, 3.63) is 0 Å². The molecule has 0 aromatic heterocycles. The highest BCUT2D eigenvalue weighted by atomic mass is 127. The lowest BCUT2D eigenvalue weighted by Crippen LogP contribution is -2.46. The molecule has 1 aliphatic carbocycles. The standard InChI is InChI=1S/C17H32N4.HI/c1-3-18-17(21-9-4-5-14(2)12-21)19-11-15-8-10-20(13-15)16-6-7-16;/h14-16H,3-13H2,1-2H3,(H,18,19);1H. The molecule has 3 aliphatic rings. The second kappa shape index (κ2) is 8.71. The van der Waals surface area contributed by atoms with Gasteiger partial charge in [-0.2, -0.15) is 0 Å². The Morgan fingerprint density at radius 1 is 1.14 bits per heavy atom. The summed E-state index contributed by atoms with van der Waals surface area (Å²) < 4.78 is 0. The summed E-state index contributed by atoms with van der Waals surface area (Å²) in [4.78, 5) is 10.1. The number of halogens is 1. The van der Waals surface area contributed by atoms with Crippen LogP contribution in [-0.4, -0.2) is 61.1 Å². The fourth-order valence-electron chi connectivity index (χ4n) is 3.81. The first-order valence-electron chi connectivity index (χ1n) is 9.03. The average molecular weight is 420 g/mol. The van der Waals surface area contributed by atoms with Crippen LogP contribution in [0.5, 0.6) is 0 Å². The number of aliphatic imine (C=N–C) groups is 1. The first-order valence-corrected chi connectivity index (χ1v) is 9.03. The minimum Gasteiger partial charge on any atom is -0.357 e. The van der Waals surface area contributed by atoms with E-state index in [0.29, 0.717) is 0 Å². The quantitative estimate of drug-likeness (QED) is 0.431. The van der Waals surface area contributed by atoms with E-state index < -0.39 is 0 Å². The third kappa shape index (κ3) is 4.98. The van der Waals surface area contributed by atoms with E-state index in [0.717, 1.165) is 36.9 Å². The normalized spacial score (nSPS) is 30.3.